The lowest BCUT2D eigenvalue weighted by atomic mass is 9.73. The Morgan fingerprint density at radius 2 is 2.11 bits per heavy atom. The molecule has 0 heterocycles. The van der Waals surface area contributed by atoms with Gasteiger partial charge in [-0.2, -0.15) is 0 Å². The highest BCUT2D eigenvalue weighted by atomic mass is 35.5. The molecule has 0 aromatic heterocycles. The van der Waals surface area contributed by atoms with Gasteiger partial charge >= 0.3 is 0 Å². The van der Waals surface area contributed by atoms with E-state index in [9.17, 15) is 4.79 Å². The molecule has 52 valence electrons. The Morgan fingerprint density at radius 1 is 1.67 bits per heavy atom. The fraction of sp³-hybridized carbons (Fsp3) is 0.857. The fourth-order valence-corrected chi connectivity index (χ4v) is 1.63. The SMILES string of the molecule is CC(=O)C1CC(C)(Cl)C1. The molecule has 0 bridgehead atoms. The second kappa shape index (κ2) is 1.98. The molecule has 1 nitrogen and oxygen atoms in total. The zero-order valence-electron chi connectivity index (χ0n) is 5.78. The van der Waals surface area contributed by atoms with E-state index in [4.69, 9.17) is 11.6 Å². The van der Waals surface area contributed by atoms with Gasteiger partial charge in [0.2, 0.25) is 0 Å². The number of Topliss-reactive ketones (excluding diaryl/α,β-unsaturated/α-hetero) is 1. The molecule has 0 saturated heterocycles. The van der Waals surface area contributed by atoms with Crippen LogP contribution in [-0.4, -0.2) is 10.7 Å². The normalized spacial score (nSPS) is 41.9. The summed E-state index contributed by atoms with van der Waals surface area (Å²) in [7, 11) is 0. The van der Waals surface area contributed by atoms with E-state index in [0.717, 1.165) is 12.8 Å². The topological polar surface area (TPSA) is 17.1 Å². The molecule has 0 aliphatic heterocycles. The zero-order chi connectivity index (χ0) is 7.07. The molecule has 0 radical (unpaired) electrons. The fourth-order valence-electron chi connectivity index (χ4n) is 1.26. The number of carbonyl (C=O) groups is 1. The predicted molar refractivity (Wildman–Crippen MR) is 37.7 cm³/mol. The van der Waals surface area contributed by atoms with Crippen LogP contribution < -0.4 is 0 Å². The summed E-state index contributed by atoms with van der Waals surface area (Å²) in [5.74, 6) is 0.542. The maximum Gasteiger partial charge on any atom is 0.133 e. The van der Waals surface area contributed by atoms with Crippen LogP contribution in [0.15, 0.2) is 0 Å². The van der Waals surface area contributed by atoms with Gasteiger partial charge in [-0.15, -0.1) is 11.6 Å². The maximum atomic E-state index is 10.7. The number of alkyl halides is 1. The Kier molecular flexibility index (Phi) is 1.55. The third-order valence-corrected chi connectivity index (χ3v) is 2.23. The molecule has 1 saturated carbocycles. The molecule has 2 heteroatoms. The molecule has 0 aromatic rings. The third kappa shape index (κ3) is 1.45. The van der Waals surface area contributed by atoms with Crippen molar-refractivity contribution in [1.29, 1.82) is 0 Å². The first-order valence-electron chi connectivity index (χ1n) is 3.21. The predicted octanol–water partition coefficient (Wildman–Crippen LogP) is 1.98. The van der Waals surface area contributed by atoms with Gasteiger partial charge < -0.3 is 0 Å². The van der Waals surface area contributed by atoms with Crippen LogP contribution in [0, 0.1) is 5.92 Å². The lowest BCUT2D eigenvalue weighted by Crippen LogP contribution is -2.39. The highest BCUT2D eigenvalue weighted by Crippen LogP contribution is 2.42. The van der Waals surface area contributed by atoms with Gasteiger partial charge in [-0.1, -0.05) is 0 Å². The van der Waals surface area contributed by atoms with Gasteiger partial charge in [-0.25, -0.2) is 0 Å². The number of carbonyl (C=O) groups excluding carboxylic acids is 1. The van der Waals surface area contributed by atoms with Gasteiger partial charge in [-0.3, -0.25) is 4.79 Å². The number of ketones is 1. The Hall–Kier alpha value is -0.0400. The van der Waals surface area contributed by atoms with Gasteiger partial charge in [0, 0.05) is 10.8 Å². The third-order valence-electron chi connectivity index (χ3n) is 1.92. The molecule has 0 spiro atoms. The largest absolute Gasteiger partial charge is 0.300 e. The molecule has 0 N–H and O–H groups in total. The Labute approximate surface area is 60.4 Å². The smallest absolute Gasteiger partial charge is 0.133 e. The molecule has 1 rings (SSSR count). The van der Waals surface area contributed by atoms with Gasteiger partial charge in [0.25, 0.3) is 0 Å². The molecule has 1 aliphatic rings. The lowest BCUT2D eigenvalue weighted by molar-refractivity contribution is -0.123. The van der Waals surface area contributed by atoms with Crippen LogP contribution in [0.1, 0.15) is 26.7 Å². The molecular formula is C7H11ClO. The van der Waals surface area contributed by atoms with Crippen LogP contribution >= 0.6 is 11.6 Å². The van der Waals surface area contributed by atoms with E-state index in [1.807, 2.05) is 6.92 Å². The van der Waals surface area contributed by atoms with E-state index < -0.39 is 0 Å². The summed E-state index contributed by atoms with van der Waals surface area (Å²) >= 11 is 5.89. The molecular weight excluding hydrogens is 136 g/mol. The average molecular weight is 147 g/mol. The summed E-state index contributed by atoms with van der Waals surface area (Å²) in [6.45, 7) is 3.62. The maximum absolute atomic E-state index is 10.7. The number of halogens is 1. The van der Waals surface area contributed by atoms with Crippen molar-refractivity contribution in [3.63, 3.8) is 0 Å². The molecule has 9 heavy (non-hydrogen) atoms. The monoisotopic (exact) mass is 146 g/mol. The molecule has 1 fully saturated rings. The minimum atomic E-state index is -0.0731. The highest BCUT2D eigenvalue weighted by Gasteiger charge is 2.40. The summed E-state index contributed by atoms with van der Waals surface area (Å²) in [5.41, 5.74) is 0. The van der Waals surface area contributed by atoms with Crippen molar-refractivity contribution >= 4 is 17.4 Å². The van der Waals surface area contributed by atoms with Crippen molar-refractivity contribution in [2.45, 2.75) is 31.6 Å². The molecule has 0 aromatic carbocycles. The van der Waals surface area contributed by atoms with E-state index in [2.05, 4.69) is 0 Å². The van der Waals surface area contributed by atoms with Crippen LogP contribution in [0.3, 0.4) is 0 Å². The second-order valence-corrected chi connectivity index (χ2v) is 4.04. The molecule has 0 amide bonds. The summed E-state index contributed by atoms with van der Waals surface area (Å²) in [6, 6.07) is 0. The van der Waals surface area contributed by atoms with Gasteiger partial charge in [-0.05, 0) is 26.7 Å². The first-order chi connectivity index (χ1) is 4.01. The van der Waals surface area contributed by atoms with E-state index in [1.54, 1.807) is 6.92 Å². The first-order valence-corrected chi connectivity index (χ1v) is 3.58. The van der Waals surface area contributed by atoms with E-state index in [0.29, 0.717) is 0 Å². The quantitative estimate of drug-likeness (QED) is 0.517. The first kappa shape index (κ1) is 7.07. The van der Waals surface area contributed by atoms with Crippen LogP contribution in [-0.2, 0) is 4.79 Å². The Bertz CT molecular complexity index is 132. The minimum absolute atomic E-state index is 0.0731. The van der Waals surface area contributed by atoms with E-state index in [1.165, 1.54) is 0 Å². The Balaban J connectivity index is 2.35. The average Bonchev–Trinajstić information content (AvgIpc) is 1.59. The summed E-state index contributed by atoms with van der Waals surface area (Å²) in [5, 5.41) is 0. The van der Waals surface area contributed by atoms with Gasteiger partial charge in [0.05, 0.1) is 0 Å². The van der Waals surface area contributed by atoms with E-state index >= 15 is 0 Å². The van der Waals surface area contributed by atoms with Crippen LogP contribution in [0.5, 0.6) is 0 Å². The van der Waals surface area contributed by atoms with E-state index in [-0.39, 0.29) is 16.6 Å². The minimum Gasteiger partial charge on any atom is -0.300 e. The Morgan fingerprint density at radius 3 is 2.22 bits per heavy atom. The highest BCUT2D eigenvalue weighted by molar-refractivity contribution is 6.24. The summed E-state index contributed by atoms with van der Waals surface area (Å²) < 4.78 is 0. The number of rotatable bonds is 1. The van der Waals surface area contributed by atoms with Crippen LogP contribution in [0.2, 0.25) is 0 Å². The van der Waals surface area contributed by atoms with Crippen molar-refractivity contribution in [1.82, 2.24) is 0 Å². The van der Waals surface area contributed by atoms with Gasteiger partial charge in [0.15, 0.2) is 0 Å². The van der Waals surface area contributed by atoms with Crippen molar-refractivity contribution in [3.05, 3.63) is 0 Å². The summed E-state index contributed by atoms with van der Waals surface area (Å²) in [6.07, 6.45) is 1.73. The van der Waals surface area contributed by atoms with Crippen molar-refractivity contribution in [2.24, 2.45) is 5.92 Å². The lowest BCUT2D eigenvalue weighted by Gasteiger charge is -2.38. The number of hydrogen-bond donors (Lipinski definition) is 0. The zero-order valence-corrected chi connectivity index (χ0v) is 6.53. The van der Waals surface area contributed by atoms with Crippen LogP contribution in [0.25, 0.3) is 0 Å². The molecule has 1 aliphatic carbocycles. The van der Waals surface area contributed by atoms with Crippen molar-refractivity contribution in [2.75, 3.05) is 0 Å². The van der Waals surface area contributed by atoms with Crippen molar-refractivity contribution in [3.8, 4) is 0 Å². The standard InChI is InChI=1S/C7H11ClO/c1-5(9)6-3-7(2,8)4-6/h6H,3-4H2,1-2H3. The van der Waals surface area contributed by atoms with Crippen molar-refractivity contribution < 1.29 is 4.79 Å². The number of hydrogen-bond acceptors (Lipinski definition) is 1. The summed E-state index contributed by atoms with van der Waals surface area (Å²) in [4.78, 5) is 10.6. The van der Waals surface area contributed by atoms with Gasteiger partial charge in [0.1, 0.15) is 5.78 Å². The molecule has 0 atom stereocenters. The molecule has 0 unspecified atom stereocenters. The second-order valence-electron chi connectivity index (χ2n) is 3.13. The van der Waals surface area contributed by atoms with Crippen LogP contribution in [0.4, 0.5) is 0 Å².